The minimum absolute atomic E-state index is 0.112. The number of rotatable bonds is 3. The van der Waals surface area contributed by atoms with Gasteiger partial charge in [-0.05, 0) is 25.3 Å². The lowest BCUT2D eigenvalue weighted by Crippen LogP contribution is -2.36. The zero-order chi connectivity index (χ0) is 17.6. The van der Waals surface area contributed by atoms with Crippen molar-refractivity contribution in [2.75, 3.05) is 29.1 Å². The van der Waals surface area contributed by atoms with E-state index in [1.54, 1.807) is 12.1 Å². The molecule has 0 aliphatic carbocycles. The molecule has 128 valence electrons. The highest BCUT2D eigenvalue weighted by atomic mass is 32.2. The maximum atomic E-state index is 12.8. The number of nitrogens with zero attached hydrogens (tertiary/aromatic N) is 4. The molecule has 7 heteroatoms. The summed E-state index contributed by atoms with van der Waals surface area (Å²) in [5.74, 6) is -0.0429. The molecule has 2 aromatic rings. The van der Waals surface area contributed by atoms with Gasteiger partial charge in [-0.25, -0.2) is 14.9 Å². The monoisotopic (exact) mass is 354 g/mol. The second-order valence-corrected chi connectivity index (χ2v) is 7.09. The van der Waals surface area contributed by atoms with Gasteiger partial charge in [0, 0.05) is 24.8 Å². The second kappa shape index (κ2) is 6.15. The molecular formula is C18H18N4O2S. The molecule has 3 heterocycles. The molecule has 6 nitrogen and oxygen atoms in total. The third kappa shape index (κ3) is 2.68. The summed E-state index contributed by atoms with van der Waals surface area (Å²) in [5, 5.41) is 0.704. The van der Waals surface area contributed by atoms with Crippen LogP contribution in [0.1, 0.15) is 5.69 Å². The van der Waals surface area contributed by atoms with E-state index in [4.69, 9.17) is 0 Å². The van der Waals surface area contributed by atoms with Crippen molar-refractivity contribution in [3.63, 3.8) is 0 Å². The fraction of sp³-hybridized carbons (Fsp3) is 0.333. The molecule has 0 bridgehead atoms. The molecule has 2 unspecified atom stereocenters. The summed E-state index contributed by atoms with van der Waals surface area (Å²) in [6, 6.07) is 11.1. The molecule has 2 fully saturated rings. The second-order valence-electron chi connectivity index (χ2n) is 6.32. The first kappa shape index (κ1) is 16.1. The highest BCUT2D eigenvalue weighted by Gasteiger charge is 2.53. The molecule has 2 aliphatic heterocycles. The Balaban J connectivity index is 1.59. The van der Waals surface area contributed by atoms with E-state index in [0.717, 1.165) is 11.5 Å². The number of aromatic nitrogens is 2. The van der Waals surface area contributed by atoms with Crippen molar-refractivity contribution in [1.29, 1.82) is 0 Å². The minimum atomic E-state index is -0.305. The lowest BCUT2D eigenvalue weighted by Gasteiger charge is -2.22. The predicted molar refractivity (Wildman–Crippen MR) is 96.7 cm³/mol. The molecular weight excluding hydrogens is 336 g/mol. The Labute approximate surface area is 150 Å². The maximum Gasteiger partial charge on any atom is 0.239 e. The molecule has 1 aromatic carbocycles. The molecule has 25 heavy (non-hydrogen) atoms. The average molecular weight is 354 g/mol. The Bertz CT molecular complexity index is 818. The van der Waals surface area contributed by atoms with Gasteiger partial charge in [0.2, 0.25) is 11.8 Å². The normalized spacial score (nSPS) is 22.6. The highest BCUT2D eigenvalue weighted by molar-refractivity contribution is 7.98. The third-order valence-corrected chi connectivity index (χ3v) is 5.28. The van der Waals surface area contributed by atoms with Gasteiger partial charge in [0.05, 0.1) is 17.5 Å². The van der Waals surface area contributed by atoms with Crippen molar-refractivity contribution >= 4 is 35.1 Å². The zero-order valence-corrected chi connectivity index (χ0v) is 14.9. The van der Waals surface area contributed by atoms with Crippen molar-refractivity contribution in [2.24, 2.45) is 11.8 Å². The fourth-order valence-corrected chi connectivity index (χ4v) is 3.96. The van der Waals surface area contributed by atoms with Gasteiger partial charge in [0.1, 0.15) is 5.82 Å². The van der Waals surface area contributed by atoms with Crippen LogP contribution in [0.4, 0.5) is 11.5 Å². The van der Waals surface area contributed by atoms with E-state index in [0.29, 0.717) is 23.9 Å². The number of hydrogen-bond donors (Lipinski definition) is 0. The predicted octanol–water partition coefficient (Wildman–Crippen LogP) is 2.13. The van der Waals surface area contributed by atoms with Crippen LogP contribution < -0.4 is 9.80 Å². The van der Waals surface area contributed by atoms with E-state index in [2.05, 4.69) is 9.97 Å². The summed E-state index contributed by atoms with van der Waals surface area (Å²) in [6.07, 6.45) is 1.93. The Morgan fingerprint density at radius 3 is 2.28 bits per heavy atom. The number of benzene rings is 1. The van der Waals surface area contributed by atoms with Gasteiger partial charge in [-0.3, -0.25) is 9.59 Å². The van der Waals surface area contributed by atoms with Crippen LogP contribution in [0.25, 0.3) is 0 Å². The summed E-state index contributed by atoms with van der Waals surface area (Å²) in [7, 11) is 0. The average Bonchev–Trinajstić information content (AvgIpc) is 3.15. The van der Waals surface area contributed by atoms with Gasteiger partial charge in [-0.2, -0.15) is 0 Å². The molecule has 1 aromatic heterocycles. The molecule has 2 amide bonds. The minimum Gasteiger partial charge on any atom is -0.355 e. The Hall–Kier alpha value is -2.41. The zero-order valence-electron chi connectivity index (χ0n) is 14.0. The van der Waals surface area contributed by atoms with Crippen LogP contribution in [0.3, 0.4) is 0 Å². The fourth-order valence-electron chi connectivity index (χ4n) is 3.54. The Kier molecular flexibility index (Phi) is 3.95. The third-order valence-electron chi connectivity index (χ3n) is 4.74. The number of anilines is 2. The standard InChI is InChI=1S/C18H18N4O2S/c1-11-8-15(20-18(19-11)25-2)21-9-13-14(10-21)17(24)22(16(13)23)12-6-4-3-5-7-12/h3-8,13-14H,9-10H2,1-2H3. The first-order chi connectivity index (χ1) is 12.1. The van der Waals surface area contributed by atoms with E-state index in [1.807, 2.05) is 42.3 Å². The number of para-hydroxylation sites is 1. The summed E-state index contributed by atoms with van der Waals surface area (Å²) in [5.41, 5.74) is 1.54. The quantitative estimate of drug-likeness (QED) is 0.478. The van der Waals surface area contributed by atoms with E-state index in [-0.39, 0.29) is 23.7 Å². The molecule has 0 spiro atoms. The molecule has 0 radical (unpaired) electrons. The number of carbonyl (C=O) groups is 2. The summed E-state index contributed by atoms with van der Waals surface area (Å²) in [4.78, 5) is 37.9. The van der Waals surface area contributed by atoms with Crippen LogP contribution in [0.15, 0.2) is 41.6 Å². The maximum absolute atomic E-state index is 12.8. The molecule has 4 rings (SSSR count). The highest BCUT2D eigenvalue weighted by Crippen LogP contribution is 2.37. The van der Waals surface area contributed by atoms with Crippen LogP contribution in [-0.2, 0) is 9.59 Å². The summed E-state index contributed by atoms with van der Waals surface area (Å²) >= 11 is 1.49. The first-order valence-corrected chi connectivity index (χ1v) is 9.38. The van der Waals surface area contributed by atoms with E-state index < -0.39 is 0 Å². The van der Waals surface area contributed by atoms with Crippen LogP contribution in [0, 0.1) is 18.8 Å². The van der Waals surface area contributed by atoms with Gasteiger partial charge in [-0.1, -0.05) is 30.0 Å². The van der Waals surface area contributed by atoms with Crippen LogP contribution in [0.5, 0.6) is 0 Å². The number of amides is 2. The van der Waals surface area contributed by atoms with Crippen LogP contribution in [0.2, 0.25) is 0 Å². The van der Waals surface area contributed by atoms with E-state index >= 15 is 0 Å². The number of fused-ring (bicyclic) bond motifs is 1. The number of carbonyl (C=O) groups excluding carboxylic acids is 2. The van der Waals surface area contributed by atoms with Crippen molar-refractivity contribution in [2.45, 2.75) is 12.1 Å². The van der Waals surface area contributed by atoms with Crippen LogP contribution >= 0.6 is 11.8 Å². The van der Waals surface area contributed by atoms with E-state index in [1.165, 1.54) is 16.7 Å². The Morgan fingerprint density at radius 2 is 1.68 bits per heavy atom. The van der Waals surface area contributed by atoms with Crippen molar-refractivity contribution in [3.05, 3.63) is 42.1 Å². The number of aryl methyl sites for hydroxylation is 1. The Morgan fingerprint density at radius 1 is 1.04 bits per heavy atom. The number of thioether (sulfide) groups is 1. The number of hydrogen-bond acceptors (Lipinski definition) is 6. The summed E-state index contributed by atoms with van der Waals surface area (Å²) in [6.45, 7) is 2.96. The topological polar surface area (TPSA) is 66.4 Å². The smallest absolute Gasteiger partial charge is 0.239 e. The summed E-state index contributed by atoms with van der Waals surface area (Å²) < 4.78 is 0. The SMILES string of the molecule is CSc1nc(C)cc(N2CC3C(=O)N(c4ccccc4)C(=O)C3C2)n1. The molecule has 2 atom stereocenters. The van der Waals surface area contributed by atoms with E-state index in [9.17, 15) is 9.59 Å². The molecule has 0 N–H and O–H groups in total. The molecule has 2 saturated heterocycles. The lowest BCUT2D eigenvalue weighted by atomic mass is 10.00. The van der Waals surface area contributed by atoms with Gasteiger partial charge in [0.25, 0.3) is 0 Å². The van der Waals surface area contributed by atoms with Crippen molar-refractivity contribution in [3.8, 4) is 0 Å². The van der Waals surface area contributed by atoms with Gasteiger partial charge >= 0.3 is 0 Å². The van der Waals surface area contributed by atoms with Crippen molar-refractivity contribution < 1.29 is 9.59 Å². The van der Waals surface area contributed by atoms with Gasteiger partial charge in [0.15, 0.2) is 5.16 Å². The van der Waals surface area contributed by atoms with Crippen LogP contribution in [-0.4, -0.2) is 41.1 Å². The molecule has 2 aliphatic rings. The lowest BCUT2D eigenvalue weighted by molar-refractivity contribution is -0.122. The largest absolute Gasteiger partial charge is 0.355 e. The van der Waals surface area contributed by atoms with Gasteiger partial charge in [-0.15, -0.1) is 0 Å². The van der Waals surface area contributed by atoms with Gasteiger partial charge < -0.3 is 4.90 Å². The number of imide groups is 1. The van der Waals surface area contributed by atoms with Crippen molar-refractivity contribution in [1.82, 2.24) is 9.97 Å². The first-order valence-electron chi connectivity index (χ1n) is 8.16. The molecule has 0 saturated carbocycles.